The number of hydrogen-bond acceptors (Lipinski definition) is 4. The highest BCUT2D eigenvalue weighted by Gasteiger charge is 2.03. The number of rotatable bonds is 1. The first-order valence-corrected chi connectivity index (χ1v) is 6.12. The zero-order valence-electron chi connectivity index (χ0n) is 9.34. The van der Waals surface area contributed by atoms with Gasteiger partial charge < -0.3 is 5.73 Å². The number of aromatic nitrogens is 2. The molecule has 0 bridgehead atoms. The number of fused-ring (bicyclic) bond motifs is 1. The van der Waals surface area contributed by atoms with Gasteiger partial charge in [-0.25, -0.2) is 9.97 Å². The van der Waals surface area contributed by atoms with Crippen molar-refractivity contribution in [2.24, 2.45) is 0 Å². The van der Waals surface area contributed by atoms with Gasteiger partial charge in [-0.2, -0.15) is 0 Å². The van der Waals surface area contributed by atoms with Crippen LogP contribution in [0, 0.1) is 6.92 Å². The van der Waals surface area contributed by atoms with Gasteiger partial charge in [0.1, 0.15) is 5.82 Å². The summed E-state index contributed by atoms with van der Waals surface area (Å²) in [5, 5.41) is 3.29. The molecule has 1 aromatic carbocycles. The summed E-state index contributed by atoms with van der Waals surface area (Å²) in [6.45, 7) is 2.01. The molecule has 0 fully saturated rings. The lowest BCUT2D eigenvalue weighted by Crippen LogP contribution is -1.88. The summed E-state index contributed by atoms with van der Waals surface area (Å²) < 4.78 is 0. The zero-order chi connectivity index (χ0) is 11.8. The van der Waals surface area contributed by atoms with Crippen LogP contribution < -0.4 is 5.73 Å². The summed E-state index contributed by atoms with van der Waals surface area (Å²) in [5.74, 6) is 0.551. The maximum absolute atomic E-state index is 5.70. The molecule has 84 valence electrons. The number of hydrogen-bond donors (Lipinski definition) is 1. The average molecular weight is 241 g/mol. The van der Waals surface area contributed by atoms with Crippen LogP contribution in [0.1, 0.15) is 5.01 Å². The number of thiazole rings is 1. The van der Waals surface area contributed by atoms with E-state index in [1.807, 2.05) is 19.2 Å². The van der Waals surface area contributed by atoms with Crippen molar-refractivity contribution in [1.29, 1.82) is 0 Å². The molecule has 0 spiro atoms. The predicted octanol–water partition coefficient (Wildman–Crippen LogP) is 3.25. The normalized spacial score (nSPS) is 10.9. The first-order valence-electron chi connectivity index (χ1n) is 5.30. The molecule has 0 aliphatic carbocycles. The highest BCUT2D eigenvalue weighted by atomic mass is 32.1. The number of nitrogens with zero attached hydrogens (tertiary/aromatic N) is 2. The number of pyridine rings is 1. The quantitative estimate of drug-likeness (QED) is 0.711. The topological polar surface area (TPSA) is 51.8 Å². The van der Waals surface area contributed by atoms with Crippen LogP contribution >= 0.6 is 11.3 Å². The SMILES string of the molecule is Cc1ncc(-c2ccc3cnc(N)cc3c2)s1. The molecular formula is C13H11N3S. The fraction of sp³-hybridized carbons (Fsp3) is 0.0769. The molecule has 2 heterocycles. The minimum Gasteiger partial charge on any atom is -0.384 e. The molecule has 2 N–H and O–H groups in total. The largest absolute Gasteiger partial charge is 0.384 e. The first-order chi connectivity index (χ1) is 8.22. The standard InChI is InChI=1S/C13H11N3S/c1-8-15-7-12(17-8)9-2-3-10-6-16-13(14)5-11(10)4-9/h2-7H,1H3,(H2,14,16). The molecule has 3 rings (SSSR count). The summed E-state index contributed by atoms with van der Waals surface area (Å²) in [7, 11) is 0. The number of nitrogens with two attached hydrogens (primary N) is 1. The van der Waals surface area contributed by atoms with Gasteiger partial charge in [0.25, 0.3) is 0 Å². The Balaban J connectivity index is 2.18. The van der Waals surface area contributed by atoms with Crippen LogP contribution in [0.2, 0.25) is 0 Å². The molecule has 3 aromatic rings. The molecule has 2 aromatic heterocycles. The van der Waals surface area contributed by atoms with Crippen molar-refractivity contribution in [1.82, 2.24) is 9.97 Å². The molecule has 0 amide bonds. The second-order valence-corrected chi connectivity index (χ2v) is 5.15. The van der Waals surface area contributed by atoms with Crippen LogP contribution in [0.4, 0.5) is 5.82 Å². The van der Waals surface area contributed by atoms with Crippen LogP contribution in [-0.4, -0.2) is 9.97 Å². The summed E-state index contributed by atoms with van der Waals surface area (Å²) in [6, 6.07) is 8.17. The molecule has 17 heavy (non-hydrogen) atoms. The molecule has 0 aliphatic heterocycles. The average Bonchev–Trinajstić information content (AvgIpc) is 2.75. The van der Waals surface area contributed by atoms with Crippen LogP contribution in [-0.2, 0) is 0 Å². The molecule has 0 radical (unpaired) electrons. The smallest absolute Gasteiger partial charge is 0.123 e. The van der Waals surface area contributed by atoms with Crippen LogP contribution in [0.25, 0.3) is 21.2 Å². The number of nitrogen functional groups attached to an aromatic ring is 1. The molecule has 4 heteroatoms. The van der Waals surface area contributed by atoms with Crippen molar-refractivity contribution in [2.75, 3.05) is 5.73 Å². The Morgan fingerprint density at radius 3 is 2.71 bits per heavy atom. The lowest BCUT2D eigenvalue weighted by atomic mass is 10.1. The molecule has 0 aliphatic rings. The Kier molecular flexibility index (Phi) is 2.30. The molecule has 0 unspecified atom stereocenters. The van der Waals surface area contributed by atoms with Gasteiger partial charge in [-0.15, -0.1) is 11.3 Å². The van der Waals surface area contributed by atoms with Gasteiger partial charge in [-0.1, -0.05) is 12.1 Å². The Bertz CT molecular complexity index is 688. The molecule has 3 nitrogen and oxygen atoms in total. The fourth-order valence-corrected chi connectivity index (χ4v) is 2.58. The molecule has 0 atom stereocenters. The van der Waals surface area contributed by atoms with Gasteiger partial charge >= 0.3 is 0 Å². The number of anilines is 1. The van der Waals surface area contributed by atoms with E-state index in [0.717, 1.165) is 15.8 Å². The Morgan fingerprint density at radius 2 is 1.94 bits per heavy atom. The van der Waals surface area contributed by atoms with Gasteiger partial charge in [0.2, 0.25) is 0 Å². The number of aryl methyl sites for hydroxylation is 1. The van der Waals surface area contributed by atoms with E-state index in [1.54, 1.807) is 17.5 Å². The predicted molar refractivity (Wildman–Crippen MR) is 72.0 cm³/mol. The Labute approximate surface area is 103 Å². The van der Waals surface area contributed by atoms with Gasteiger partial charge in [0.15, 0.2) is 0 Å². The van der Waals surface area contributed by atoms with E-state index in [1.165, 1.54) is 10.4 Å². The second-order valence-electron chi connectivity index (χ2n) is 3.91. The van der Waals surface area contributed by atoms with Gasteiger partial charge in [0, 0.05) is 17.8 Å². The third kappa shape index (κ3) is 1.87. The maximum Gasteiger partial charge on any atom is 0.123 e. The van der Waals surface area contributed by atoms with Crippen molar-refractivity contribution < 1.29 is 0 Å². The van der Waals surface area contributed by atoms with Crippen molar-refractivity contribution in [3.63, 3.8) is 0 Å². The van der Waals surface area contributed by atoms with E-state index in [2.05, 4.69) is 28.2 Å². The maximum atomic E-state index is 5.70. The lowest BCUT2D eigenvalue weighted by Gasteiger charge is -2.01. The van der Waals surface area contributed by atoms with Crippen molar-refractivity contribution >= 4 is 27.9 Å². The molecular weight excluding hydrogens is 230 g/mol. The summed E-state index contributed by atoms with van der Waals surface area (Å²) in [6.07, 6.45) is 3.71. The van der Waals surface area contributed by atoms with E-state index in [-0.39, 0.29) is 0 Å². The zero-order valence-corrected chi connectivity index (χ0v) is 10.2. The minimum atomic E-state index is 0.551. The van der Waals surface area contributed by atoms with Gasteiger partial charge in [-0.3, -0.25) is 0 Å². The fourth-order valence-electron chi connectivity index (χ4n) is 1.81. The van der Waals surface area contributed by atoms with E-state index in [0.29, 0.717) is 5.82 Å². The van der Waals surface area contributed by atoms with Crippen molar-refractivity contribution in [2.45, 2.75) is 6.92 Å². The van der Waals surface area contributed by atoms with E-state index < -0.39 is 0 Å². The number of benzene rings is 1. The molecule has 0 saturated heterocycles. The van der Waals surface area contributed by atoms with Gasteiger partial charge in [0.05, 0.1) is 9.88 Å². The first kappa shape index (κ1) is 10.2. The highest BCUT2D eigenvalue weighted by Crippen LogP contribution is 2.28. The van der Waals surface area contributed by atoms with Crippen LogP contribution in [0.5, 0.6) is 0 Å². The summed E-state index contributed by atoms with van der Waals surface area (Å²) in [4.78, 5) is 9.53. The molecule has 0 saturated carbocycles. The van der Waals surface area contributed by atoms with E-state index in [9.17, 15) is 0 Å². The third-order valence-corrected chi connectivity index (χ3v) is 3.61. The Hall–Kier alpha value is -1.94. The van der Waals surface area contributed by atoms with Crippen LogP contribution in [0.15, 0.2) is 36.7 Å². The summed E-state index contributed by atoms with van der Waals surface area (Å²) in [5.41, 5.74) is 6.87. The van der Waals surface area contributed by atoms with E-state index in [4.69, 9.17) is 5.73 Å². The second kappa shape index (κ2) is 3.82. The Morgan fingerprint density at radius 1 is 1.06 bits per heavy atom. The van der Waals surface area contributed by atoms with Crippen molar-refractivity contribution in [3.05, 3.63) is 41.7 Å². The van der Waals surface area contributed by atoms with Crippen molar-refractivity contribution in [3.8, 4) is 10.4 Å². The highest BCUT2D eigenvalue weighted by molar-refractivity contribution is 7.15. The third-order valence-electron chi connectivity index (χ3n) is 2.65. The summed E-state index contributed by atoms with van der Waals surface area (Å²) >= 11 is 1.70. The van der Waals surface area contributed by atoms with E-state index >= 15 is 0 Å². The van der Waals surface area contributed by atoms with Gasteiger partial charge in [-0.05, 0) is 30.0 Å². The lowest BCUT2D eigenvalue weighted by molar-refractivity contribution is 1.30. The van der Waals surface area contributed by atoms with Crippen LogP contribution in [0.3, 0.4) is 0 Å². The monoisotopic (exact) mass is 241 g/mol. The minimum absolute atomic E-state index is 0.551.